The van der Waals surface area contributed by atoms with E-state index in [1.165, 1.54) is 6.07 Å². The zero-order valence-electron chi connectivity index (χ0n) is 8.79. The molecule has 0 saturated heterocycles. The van der Waals surface area contributed by atoms with E-state index >= 15 is 0 Å². The van der Waals surface area contributed by atoms with Crippen LogP contribution in [0.5, 0.6) is 5.75 Å². The molecule has 2 aromatic rings. The number of hydrogen-bond donors (Lipinski definition) is 0. The Labute approximate surface area is 118 Å². The minimum Gasteiger partial charge on any atom is -0.485 e. The van der Waals surface area contributed by atoms with Gasteiger partial charge in [-0.25, -0.2) is 4.39 Å². The van der Waals surface area contributed by atoms with Crippen molar-refractivity contribution in [3.05, 3.63) is 62.4 Å². The molecule has 0 saturated carbocycles. The van der Waals surface area contributed by atoms with Crippen molar-refractivity contribution in [2.24, 2.45) is 0 Å². The first-order chi connectivity index (χ1) is 8.16. The first-order valence-electron chi connectivity index (χ1n) is 4.98. The zero-order chi connectivity index (χ0) is 12.3. The van der Waals surface area contributed by atoms with Gasteiger partial charge in [0.2, 0.25) is 0 Å². The van der Waals surface area contributed by atoms with Crippen LogP contribution in [-0.2, 0) is 6.61 Å². The quantitative estimate of drug-likeness (QED) is 0.722. The van der Waals surface area contributed by atoms with Gasteiger partial charge in [-0.3, -0.25) is 0 Å². The highest BCUT2D eigenvalue weighted by Gasteiger charge is 2.10. The highest BCUT2D eigenvalue weighted by atomic mass is 127. The summed E-state index contributed by atoms with van der Waals surface area (Å²) in [6.45, 7) is 0.343. The second-order valence-electron chi connectivity index (χ2n) is 3.47. The Kier molecular flexibility index (Phi) is 4.23. The number of hydrogen-bond acceptors (Lipinski definition) is 1. The van der Waals surface area contributed by atoms with E-state index in [0.717, 1.165) is 5.56 Å². The summed E-state index contributed by atoms with van der Waals surface area (Å²) < 4.78 is 19.7. The average molecular weight is 363 g/mol. The molecule has 0 bridgehead atoms. The Morgan fingerprint density at radius 1 is 1.18 bits per heavy atom. The molecule has 1 nitrogen and oxygen atoms in total. The smallest absolute Gasteiger partial charge is 0.168 e. The molecule has 0 aromatic heterocycles. The molecule has 0 N–H and O–H groups in total. The Balaban J connectivity index is 2.15. The number of ether oxygens (including phenoxy) is 1. The molecule has 2 rings (SSSR count). The monoisotopic (exact) mass is 362 g/mol. The SMILES string of the molecule is Fc1cc(Cl)cc(I)c1OCc1ccccc1. The molecule has 2 aromatic carbocycles. The first-order valence-corrected chi connectivity index (χ1v) is 6.44. The number of rotatable bonds is 3. The van der Waals surface area contributed by atoms with Crippen LogP contribution in [0.1, 0.15) is 5.56 Å². The summed E-state index contributed by atoms with van der Waals surface area (Å²) in [5, 5.41) is 0.374. The van der Waals surface area contributed by atoms with E-state index in [2.05, 4.69) is 0 Å². The van der Waals surface area contributed by atoms with Gasteiger partial charge in [0.1, 0.15) is 6.61 Å². The highest BCUT2D eigenvalue weighted by Crippen LogP contribution is 2.28. The third kappa shape index (κ3) is 3.33. The van der Waals surface area contributed by atoms with Crippen LogP contribution in [0.2, 0.25) is 5.02 Å². The van der Waals surface area contributed by atoms with Gasteiger partial charge in [-0.2, -0.15) is 0 Å². The second kappa shape index (κ2) is 5.69. The minimum absolute atomic E-state index is 0.249. The lowest BCUT2D eigenvalue weighted by molar-refractivity contribution is 0.288. The lowest BCUT2D eigenvalue weighted by Crippen LogP contribution is -1.99. The van der Waals surface area contributed by atoms with Crippen molar-refractivity contribution in [3.63, 3.8) is 0 Å². The largest absolute Gasteiger partial charge is 0.485 e. The predicted octanol–water partition coefficient (Wildman–Crippen LogP) is 4.66. The van der Waals surface area contributed by atoms with Gasteiger partial charge in [-0.1, -0.05) is 41.9 Å². The summed E-state index contributed by atoms with van der Waals surface area (Å²) in [6, 6.07) is 12.6. The van der Waals surface area contributed by atoms with Gasteiger partial charge in [0, 0.05) is 5.02 Å². The van der Waals surface area contributed by atoms with E-state index in [9.17, 15) is 4.39 Å². The lowest BCUT2D eigenvalue weighted by atomic mass is 10.2. The van der Waals surface area contributed by atoms with Crippen LogP contribution >= 0.6 is 34.2 Å². The molecule has 0 aliphatic heterocycles. The maximum absolute atomic E-state index is 13.6. The summed E-state index contributed by atoms with van der Waals surface area (Å²) in [6.07, 6.45) is 0. The van der Waals surface area contributed by atoms with E-state index < -0.39 is 5.82 Å². The Hall–Kier alpha value is -0.810. The van der Waals surface area contributed by atoms with Crippen molar-refractivity contribution in [2.45, 2.75) is 6.61 Å². The average Bonchev–Trinajstić information content (AvgIpc) is 2.29. The Morgan fingerprint density at radius 2 is 1.88 bits per heavy atom. The molecule has 17 heavy (non-hydrogen) atoms. The van der Waals surface area contributed by atoms with Crippen LogP contribution in [0, 0.1) is 9.39 Å². The molecule has 0 aliphatic carbocycles. The van der Waals surface area contributed by atoms with Crippen molar-refractivity contribution in [1.82, 2.24) is 0 Å². The summed E-state index contributed by atoms with van der Waals surface area (Å²) in [5.41, 5.74) is 0.998. The van der Waals surface area contributed by atoms with Gasteiger partial charge in [0.15, 0.2) is 11.6 Å². The second-order valence-corrected chi connectivity index (χ2v) is 5.07. The molecule has 0 aliphatic rings. The maximum atomic E-state index is 13.6. The standard InChI is InChI=1S/C13H9ClFIO/c14-10-6-11(15)13(12(16)7-10)17-8-9-4-2-1-3-5-9/h1-7H,8H2. The molecule has 0 atom stereocenters. The van der Waals surface area contributed by atoms with Crippen molar-refractivity contribution in [3.8, 4) is 5.75 Å². The van der Waals surface area contributed by atoms with Crippen LogP contribution in [0.4, 0.5) is 4.39 Å². The molecule has 0 radical (unpaired) electrons. The Bertz CT molecular complexity index is 493. The van der Waals surface area contributed by atoms with Crippen LogP contribution in [0.3, 0.4) is 0 Å². The van der Waals surface area contributed by atoms with Crippen LogP contribution < -0.4 is 4.74 Å². The van der Waals surface area contributed by atoms with Gasteiger partial charge in [0.05, 0.1) is 3.57 Å². The van der Waals surface area contributed by atoms with Gasteiger partial charge in [-0.05, 0) is 40.3 Å². The minimum atomic E-state index is -0.433. The number of halogens is 3. The van der Waals surface area contributed by atoms with Gasteiger partial charge < -0.3 is 4.74 Å². The van der Waals surface area contributed by atoms with Crippen molar-refractivity contribution in [1.29, 1.82) is 0 Å². The third-order valence-corrected chi connectivity index (χ3v) is 3.21. The molecule has 0 amide bonds. The normalized spacial score (nSPS) is 10.3. The summed E-state index contributed by atoms with van der Waals surface area (Å²) in [5.74, 6) is -0.184. The van der Waals surface area contributed by atoms with E-state index in [0.29, 0.717) is 15.2 Å². The molecule has 0 heterocycles. The Morgan fingerprint density at radius 3 is 2.53 bits per heavy atom. The van der Waals surface area contributed by atoms with Gasteiger partial charge >= 0.3 is 0 Å². The van der Waals surface area contributed by atoms with Crippen molar-refractivity contribution < 1.29 is 9.13 Å². The van der Waals surface area contributed by atoms with Crippen LogP contribution in [-0.4, -0.2) is 0 Å². The highest BCUT2D eigenvalue weighted by molar-refractivity contribution is 14.1. The van der Waals surface area contributed by atoms with Crippen molar-refractivity contribution in [2.75, 3.05) is 0 Å². The van der Waals surface area contributed by atoms with E-state index in [-0.39, 0.29) is 5.75 Å². The molecular formula is C13H9ClFIO. The summed E-state index contributed by atoms with van der Waals surface area (Å²) >= 11 is 7.74. The van der Waals surface area contributed by atoms with Crippen molar-refractivity contribution >= 4 is 34.2 Å². The number of benzene rings is 2. The topological polar surface area (TPSA) is 9.23 Å². The van der Waals surface area contributed by atoms with Gasteiger partial charge in [0.25, 0.3) is 0 Å². The zero-order valence-corrected chi connectivity index (χ0v) is 11.7. The molecule has 4 heteroatoms. The van der Waals surface area contributed by atoms with Crippen LogP contribution in [0.15, 0.2) is 42.5 Å². The fourth-order valence-corrected chi connectivity index (χ4v) is 2.53. The molecule has 88 valence electrons. The lowest BCUT2D eigenvalue weighted by Gasteiger charge is -2.09. The molecule has 0 fully saturated rings. The van der Waals surface area contributed by atoms with Crippen LogP contribution in [0.25, 0.3) is 0 Å². The fourth-order valence-electron chi connectivity index (χ4n) is 1.40. The molecular weight excluding hydrogens is 353 g/mol. The van der Waals surface area contributed by atoms with E-state index in [1.54, 1.807) is 6.07 Å². The van der Waals surface area contributed by atoms with Gasteiger partial charge in [-0.15, -0.1) is 0 Å². The summed E-state index contributed by atoms with van der Waals surface area (Å²) in [7, 11) is 0. The molecule has 0 unspecified atom stereocenters. The first kappa shape index (κ1) is 12.6. The third-order valence-electron chi connectivity index (χ3n) is 2.19. The van der Waals surface area contributed by atoms with E-state index in [4.69, 9.17) is 16.3 Å². The van der Waals surface area contributed by atoms with E-state index in [1.807, 2.05) is 52.9 Å². The predicted molar refractivity (Wildman–Crippen MR) is 74.9 cm³/mol. The molecule has 0 spiro atoms. The maximum Gasteiger partial charge on any atom is 0.168 e. The summed E-state index contributed by atoms with van der Waals surface area (Å²) in [4.78, 5) is 0. The fraction of sp³-hybridized carbons (Fsp3) is 0.0769.